The zero-order chi connectivity index (χ0) is 22.3. The molecule has 2 amide bonds. The average molecular weight is 449 g/mol. The zero-order valence-electron chi connectivity index (χ0n) is 16.6. The monoisotopic (exact) mass is 449 g/mol. The van der Waals surface area contributed by atoms with Crippen LogP contribution in [0.2, 0.25) is 0 Å². The molecule has 3 heterocycles. The minimum absolute atomic E-state index is 0.265. The molecule has 0 unspecified atom stereocenters. The highest BCUT2D eigenvalue weighted by atomic mass is 32.2. The molecular weight excluding hydrogens is 427 g/mol. The van der Waals surface area contributed by atoms with Gasteiger partial charge < -0.3 is 9.42 Å². The molecule has 1 saturated heterocycles. The highest BCUT2D eigenvalue weighted by Crippen LogP contribution is 2.39. The van der Waals surface area contributed by atoms with Crippen LogP contribution in [0.15, 0.2) is 27.9 Å². The Balaban J connectivity index is 1.73. The number of carbonyl (C=O) groups is 1. The van der Waals surface area contributed by atoms with Crippen molar-refractivity contribution < 1.29 is 30.9 Å². The number of anilines is 1. The van der Waals surface area contributed by atoms with E-state index in [2.05, 4.69) is 20.1 Å². The summed E-state index contributed by atoms with van der Waals surface area (Å²) >= 11 is 0. The van der Waals surface area contributed by atoms with E-state index in [1.165, 1.54) is 38.1 Å². The second-order valence-electron chi connectivity index (χ2n) is 7.67. The van der Waals surface area contributed by atoms with Gasteiger partial charge in [0.2, 0.25) is 9.84 Å². The molecule has 1 N–H and O–H groups in total. The summed E-state index contributed by atoms with van der Waals surface area (Å²) in [5, 5.41) is 9.00. The van der Waals surface area contributed by atoms with E-state index >= 15 is 0 Å². The molecule has 1 aliphatic rings. The second kappa shape index (κ2) is 7.60. The number of nitrogens with one attached hydrogen (secondary N) is 1. The molecule has 0 aliphatic carbocycles. The molecule has 0 saturated carbocycles. The minimum atomic E-state index is -4.74. The van der Waals surface area contributed by atoms with Crippen molar-refractivity contribution in [1.29, 1.82) is 0 Å². The maximum atomic E-state index is 13.2. The number of hydrogen-bond acceptors (Lipinski definition) is 6. The van der Waals surface area contributed by atoms with Gasteiger partial charge in [-0.2, -0.15) is 18.3 Å². The number of hydrogen-bond donors (Lipinski definition) is 1. The predicted molar refractivity (Wildman–Crippen MR) is 99.3 cm³/mol. The van der Waals surface area contributed by atoms with Crippen molar-refractivity contribution >= 4 is 21.7 Å². The lowest BCUT2D eigenvalue weighted by Crippen LogP contribution is -2.48. The van der Waals surface area contributed by atoms with Crippen LogP contribution in [0.3, 0.4) is 0 Å². The van der Waals surface area contributed by atoms with E-state index in [0.717, 1.165) is 4.68 Å². The van der Waals surface area contributed by atoms with Gasteiger partial charge in [-0.3, -0.25) is 10.00 Å². The standard InChI is InChI=1S/C17H22F3N5O4S/c1-16(2,30(27,28)14-10-12(17(18,19)20)22-24(14)3)11-4-7-25(8-5-11)15(26)21-13-6-9-29-23-13/h6,9-11H,4-5,7-8H2,1-3H3,(H,21,23,26). The number of alkyl halides is 3. The van der Waals surface area contributed by atoms with Gasteiger partial charge in [-0.05, 0) is 32.6 Å². The lowest BCUT2D eigenvalue weighted by molar-refractivity contribution is -0.141. The van der Waals surface area contributed by atoms with Crippen molar-refractivity contribution in [3.63, 3.8) is 0 Å². The number of amides is 2. The molecule has 1 aliphatic heterocycles. The summed E-state index contributed by atoms with van der Waals surface area (Å²) in [4.78, 5) is 13.8. The molecule has 0 bridgehead atoms. The third-order valence-electron chi connectivity index (χ3n) is 5.53. The van der Waals surface area contributed by atoms with Crippen molar-refractivity contribution in [3.8, 4) is 0 Å². The maximum Gasteiger partial charge on any atom is 0.435 e. The summed E-state index contributed by atoms with van der Waals surface area (Å²) in [6.07, 6.45) is -2.67. The van der Waals surface area contributed by atoms with Crippen LogP contribution in [0.4, 0.5) is 23.8 Å². The molecule has 0 aromatic carbocycles. The SMILES string of the molecule is Cn1nc(C(F)(F)F)cc1S(=O)(=O)C(C)(C)C1CCN(C(=O)Nc2ccon2)CC1. The molecule has 2 aromatic rings. The Hall–Kier alpha value is -2.57. The van der Waals surface area contributed by atoms with Gasteiger partial charge >= 0.3 is 12.2 Å². The summed E-state index contributed by atoms with van der Waals surface area (Å²) in [6.45, 7) is 3.59. The van der Waals surface area contributed by atoms with Gasteiger partial charge in [-0.25, -0.2) is 13.2 Å². The molecule has 30 heavy (non-hydrogen) atoms. The lowest BCUT2D eigenvalue weighted by atomic mass is 9.86. The summed E-state index contributed by atoms with van der Waals surface area (Å²) < 4.78 is 69.3. The lowest BCUT2D eigenvalue weighted by Gasteiger charge is -2.39. The molecular formula is C17H22F3N5O4S. The first-order valence-corrected chi connectivity index (χ1v) is 10.6. The number of urea groups is 1. The van der Waals surface area contributed by atoms with Crippen molar-refractivity contribution in [1.82, 2.24) is 19.8 Å². The Morgan fingerprint density at radius 3 is 2.40 bits per heavy atom. The van der Waals surface area contributed by atoms with E-state index in [1.54, 1.807) is 0 Å². The summed E-state index contributed by atoms with van der Waals surface area (Å²) in [7, 11) is -2.95. The van der Waals surface area contributed by atoms with E-state index in [-0.39, 0.29) is 17.8 Å². The van der Waals surface area contributed by atoms with Crippen LogP contribution in [0.1, 0.15) is 32.4 Å². The van der Waals surface area contributed by atoms with E-state index in [4.69, 9.17) is 0 Å². The van der Waals surface area contributed by atoms with Crippen LogP contribution >= 0.6 is 0 Å². The van der Waals surface area contributed by atoms with Gasteiger partial charge in [0.15, 0.2) is 16.5 Å². The van der Waals surface area contributed by atoms with Crippen LogP contribution < -0.4 is 5.32 Å². The zero-order valence-corrected chi connectivity index (χ0v) is 17.4. The van der Waals surface area contributed by atoms with Crippen LogP contribution in [0.25, 0.3) is 0 Å². The fourth-order valence-electron chi connectivity index (χ4n) is 3.57. The van der Waals surface area contributed by atoms with E-state index in [0.29, 0.717) is 32.0 Å². The third kappa shape index (κ3) is 4.02. The van der Waals surface area contributed by atoms with Crippen LogP contribution in [-0.2, 0) is 23.1 Å². The normalized spacial score (nSPS) is 16.7. The van der Waals surface area contributed by atoms with Crippen LogP contribution in [0, 0.1) is 5.92 Å². The molecule has 2 aromatic heterocycles. The Morgan fingerprint density at radius 1 is 1.27 bits per heavy atom. The van der Waals surface area contributed by atoms with Gasteiger partial charge in [-0.15, -0.1) is 0 Å². The Bertz CT molecular complexity index is 1010. The number of nitrogens with zero attached hydrogens (tertiary/aromatic N) is 4. The second-order valence-corrected chi connectivity index (χ2v) is 10.1. The molecule has 3 rings (SSSR count). The Morgan fingerprint density at radius 2 is 1.90 bits per heavy atom. The Labute approximate surface area is 171 Å². The number of carbonyl (C=O) groups excluding carboxylic acids is 1. The van der Waals surface area contributed by atoms with Gasteiger partial charge in [0.25, 0.3) is 0 Å². The molecule has 1 fully saturated rings. The molecule has 166 valence electrons. The van der Waals surface area contributed by atoms with Crippen molar-refractivity contribution in [2.45, 2.75) is 42.6 Å². The molecule has 13 heteroatoms. The van der Waals surface area contributed by atoms with Crippen LogP contribution in [-0.4, -0.2) is 52.1 Å². The highest BCUT2D eigenvalue weighted by molar-refractivity contribution is 7.92. The average Bonchev–Trinajstić information content (AvgIpc) is 3.31. The van der Waals surface area contributed by atoms with Gasteiger partial charge in [0.1, 0.15) is 6.26 Å². The molecule has 0 atom stereocenters. The van der Waals surface area contributed by atoms with Gasteiger partial charge in [0, 0.05) is 32.3 Å². The number of sulfone groups is 1. The van der Waals surface area contributed by atoms with Crippen molar-refractivity contribution in [3.05, 3.63) is 24.1 Å². The number of likely N-dealkylation sites (tertiary alicyclic amines) is 1. The number of aromatic nitrogens is 3. The number of rotatable bonds is 4. The highest BCUT2D eigenvalue weighted by Gasteiger charge is 2.47. The minimum Gasteiger partial charge on any atom is -0.363 e. The van der Waals surface area contributed by atoms with Gasteiger partial charge in [-0.1, -0.05) is 5.16 Å². The number of aryl methyl sites for hydroxylation is 1. The van der Waals surface area contributed by atoms with E-state index in [9.17, 15) is 26.4 Å². The molecule has 0 radical (unpaired) electrons. The predicted octanol–water partition coefficient (Wildman–Crippen LogP) is 2.92. The van der Waals surface area contributed by atoms with Crippen LogP contribution in [0.5, 0.6) is 0 Å². The third-order valence-corrected chi connectivity index (χ3v) is 8.18. The van der Waals surface area contributed by atoms with Crippen molar-refractivity contribution in [2.75, 3.05) is 18.4 Å². The molecule has 9 nitrogen and oxygen atoms in total. The summed E-state index contributed by atoms with van der Waals surface area (Å²) in [6, 6.07) is 1.67. The summed E-state index contributed by atoms with van der Waals surface area (Å²) in [5.74, 6) is -0.0930. The Kier molecular flexibility index (Phi) is 5.60. The van der Waals surface area contributed by atoms with Crippen molar-refractivity contribution in [2.24, 2.45) is 13.0 Å². The molecule has 0 spiro atoms. The van der Waals surface area contributed by atoms with E-state index in [1.807, 2.05) is 0 Å². The number of piperidine rings is 1. The first-order chi connectivity index (χ1) is 13.8. The first kappa shape index (κ1) is 22.1. The maximum absolute atomic E-state index is 13.2. The summed E-state index contributed by atoms with van der Waals surface area (Å²) in [5.41, 5.74) is -1.25. The number of halogens is 3. The van der Waals surface area contributed by atoms with E-state index < -0.39 is 31.5 Å². The topological polar surface area (TPSA) is 110 Å². The smallest absolute Gasteiger partial charge is 0.363 e. The fourth-order valence-corrected chi connectivity index (χ4v) is 5.44. The van der Waals surface area contributed by atoms with Gasteiger partial charge in [0.05, 0.1) is 4.75 Å². The largest absolute Gasteiger partial charge is 0.435 e. The fraction of sp³-hybridized carbons (Fsp3) is 0.588. The first-order valence-electron chi connectivity index (χ1n) is 9.16. The quantitative estimate of drug-likeness (QED) is 0.769.